The van der Waals surface area contributed by atoms with E-state index >= 15 is 0 Å². The summed E-state index contributed by atoms with van der Waals surface area (Å²) in [5.74, 6) is -0.801. The maximum atomic E-state index is 13.0. The zero-order valence-electron chi connectivity index (χ0n) is 18.2. The van der Waals surface area contributed by atoms with Crippen LogP contribution in [0.25, 0.3) is 0 Å². The fourth-order valence-electron chi connectivity index (χ4n) is 3.51. The number of piperazine rings is 1. The molecule has 3 rings (SSSR count). The van der Waals surface area contributed by atoms with E-state index in [1.807, 2.05) is 11.0 Å². The zero-order chi connectivity index (χ0) is 24.7. The van der Waals surface area contributed by atoms with Crippen molar-refractivity contribution >= 4 is 35.0 Å². The molecule has 1 fully saturated rings. The summed E-state index contributed by atoms with van der Waals surface area (Å²) < 4.78 is 38.9. The molecule has 7 nitrogen and oxygen atoms in total. The molecule has 0 aliphatic carbocycles. The summed E-state index contributed by atoms with van der Waals surface area (Å²) in [6.45, 7) is 1.93. The van der Waals surface area contributed by atoms with Crippen LogP contribution in [0, 0.1) is 0 Å². The Balaban J connectivity index is 1.39. The topological polar surface area (TPSA) is 81.8 Å². The zero-order valence-corrected chi connectivity index (χ0v) is 19.0. The van der Waals surface area contributed by atoms with E-state index in [1.165, 1.54) is 6.07 Å². The van der Waals surface area contributed by atoms with Gasteiger partial charge in [0.1, 0.15) is 0 Å². The molecule has 0 unspecified atom stereocenters. The van der Waals surface area contributed by atoms with E-state index in [4.69, 9.17) is 11.6 Å². The summed E-state index contributed by atoms with van der Waals surface area (Å²) in [7, 11) is 0. The van der Waals surface area contributed by atoms with Crippen molar-refractivity contribution < 1.29 is 27.6 Å². The first-order valence-electron chi connectivity index (χ1n) is 10.6. The van der Waals surface area contributed by atoms with E-state index in [1.54, 1.807) is 29.2 Å². The monoisotopic (exact) mass is 496 g/mol. The average molecular weight is 497 g/mol. The highest BCUT2D eigenvalue weighted by Crippen LogP contribution is 2.36. The minimum atomic E-state index is -4.62. The quantitative estimate of drug-likeness (QED) is 0.616. The van der Waals surface area contributed by atoms with Crippen molar-refractivity contribution in [2.45, 2.75) is 12.6 Å². The molecule has 34 heavy (non-hydrogen) atoms. The standard InChI is InChI=1S/C23H24ClF3N4O3/c24-19-7-6-17(14-18(19)23(25,26)27)29-20(32)15-30-10-12-31(13-11-30)21(33)8-9-28-22(34)16-4-2-1-3-5-16/h1-7,14H,8-13,15H2,(H,28,34)(H,29,32). The fraction of sp³-hybridized carbons (Fsp3) is 0.348. The van der Waals surface area contributed by atoms with Gasteiger partial charge < -0.3 is 15.5 Å². The third-order valence-electron chi connectivity index (χ3n) is 5.31. The maximum absolute atomic E-state index is 13.0. The smallest absolute Gasteiger partial charge is 0.352 e. The molecule has 1 saturated heterocycles. The van der Waals surface area contributed by atoms with E-state index in [-0.39, 0.29) is 37.0 Å². The number of amides is 3. The number of hydrogen-bond acceptors (Lipinski definition) is 4. The van der Waals surface area contributed by atoms with Gasteiger partial charge in [-0.05, 0) is 30.3 Å². The molecule has 1 aliphatic heterocycles. The molecule has 2 N–H and O–H groups in total. The normalized spacial score (nSPS) is 14.5. The van der Waals surface area contributed by atoms with Crippen LogP contribution in [0.15, 0.2) is 48.5 Å². The van der Waals surface area contributed by atoms with E-state index in [2.05, 4.69) is 10.6 Å². The number of halogens is 4. The second-order valence-electron chi connectivity index (χ2n) is 7.77. The van der Waals surface area contributed by atoms with Crippen LogP contribution in [0.2, 0.25) is 5.02 Å². The number of anilines is 1. The number of rotatable bonds is 7. The van der Waals surface area contributed by atoms with Gasteiger partial charge in [0.25, 0.3) is 5.91 Å². The Kier molecular flexibility index (Phi) is 8.51. The summed E-state index contributed by atoms with van der Waals surface area (Å²) >= 11 is 5.59. The van der Waals surface area contributed by atoms with Gasteiger partial charge in [-0.25, -0.2) is 0 Å². The Hall–Kier alpha value is -3.11. The highest BCUT2D eigenvalue weighted by Gasteiger charge is 2.33. The molecule has 182 valence electrons. The van der Waals surface area contributed by atoms with Crippen molar-refractivity contribution in [1.29, 1.82) is 0 Å². The molecule has 0 aromatic heterocycles. The minimum Gasteiger partial charge on any atom is -0.352 e. The first kappa shape index (κ1) is 25.5. The van der Waals surface area contributed by atoms with Gasteiger partial charge in [0.15, 0.2) is 0 Å². The van der Waals surface area contributed by atoms with E-state index < -0.39 is 22.7 Å². The Morgan fingerprint density at radius 1 is 0.971 bits per heavy atom. The largest absolute Gasteiger partial charge is 0.417 e. The SMILES string of the molecule is O=C(CN1CCN(C(=O)CCNC(=O)c2ccccc2)CC1)Nc1ccc(Cl)c(C(F)(F)F)c1. The lowest BCUT2D eigenvalue weighted by molar-refractivity contribution is -0.137. The number of alkyl halides is 3. The van der Waals surface area contributed by atoms with Crippen LogP contribution in [0.1, 0.15) is 22.3 Å². The van der Waals surface area contributed by atoms with Gasteiger partial charge in [0.2, 0.25) is 11.8 Å². The lowest BCUT2D eigenvalue weighted by Gasteiger charge is -2.34. The Bertz CT molecular complexity index is 1030. The van der Waals surface area contributed by atoms with Crippen LogP contribution in [0.5, 0.6) is 0 Å². The lowest BCUT2D eigenvalue weighted by atomic mass is 10.2. The lowest BCUT2D eigenvalue weighted by Crippen LogP contribution is -2.50. The molecule has 0 atom stereocenters. The number of carbonyl (C=O) groups is 3. The number of nitrogens with zero attached hydrogens (tertiary/aromatic N) is 2. The third kappa shape index (κ3) is 7.19. The van der Waals surface area contributed by atoms with Crippen molar-refractivity contribution in [2.75, 3.05) is 44.6 Å². The Labute approximate surface area is 199 Å². The van der Waals surface area contributed by atoms with Gasteiger partial charge in [-0.1, -0.05) is 29.8 Å². The van der Waals surface area contributed by atoms with Crippen molar-refractivity contribution in [1.82, 2.24) is 15.1 Å². The number of hydrogen-bond donors (Lipinski definition) is 2. The van der Waals surface area contributed by atoms with E-state index in [9.17, 15) is 27.6 Å². The van der Waals surface area contributed by atoms with Crippen LogP contribution in [0.3, 0.4) is 0 Å². The van der Waals surface area contributed by atoms with Crippen LogP contribution in [0.4, 0.5) is 18.9 Å². The summed E-state index contributed by atoms with van der Waals surface area (Å²) in [6.07, 6.45) is -4.46. The number of nitrogens with one attached hydrogen (secondary N) is 2. The van der Waals surface area contributed by atoms with Gasteiger partial charge >= 0.3 is 6.18 Å². The van der Waals surface area contributed by atoms with Gasteiger partial charge in [-0.2, -0.15) is 13.2 Å². The van der Waals surface area contributed by atoms with Gasteiger partial charge in [-0.15, -0.1) is 0 Å². The van der Waals surface area contributed by atoms with Crippen molar-refractivity contribution in [3.8, 4) is 0 Å². The second kappa shape index (κ2) is 11.3. The summed E-state index contributed by atoms with van der Waals surface area (Å²) in [6, 6.07) is 11.9. The van der Waals surface area contributed by atoms with Crippen LogP contribution < -0.4 is 10.6 Å². The molecule has 3 amide bonds. The van der Waals surface area contributed by atoms with Gasteiger partial charge in [-0.3, -0.25) is 19.3 Å². The van der Waals surface area contributed by atoms with Crippen molar-refractivity contribution in [3.05, 3.63) is 64.7 Å². The number of carbonyl (C=O) groups excluding carboxylic acids is 3. The van der Waals surface area contributed by atoms with Crippen LogP contribution in [-0.2, 0) is 15.8 Å². The molecule has 2 aromatic carbocycles. The van der Waals surface area contributed by atoms with Gasteiger partial charge in [0, 0.05) is 50.4 Å². The fourth-order valence-corrected chi connectivity index (χ4v) is 3.74. The van der Waals surface area contributed by atoms with Crippen LogP contribution >= 0.6 is 11.6 Å². The predicted octanol–water partition coefficient (Wildman–Crippen LogP) is 3.26. The van der Waals surface area contributed by atoms with Crippen molar-refractivity contribution in [3.63, 3.8) is 0 Å². The second-order valence-corrected chi connectivity index (χ2v) is 8.18. The summed E-state index contributed by atoms with van der Waals surface area (Å²) in [5, 5.41) is 4.73. The Morgan fingerprint density at radius 3 is 2.29 bits per heavy atom. The third-order valence-corrected chi connectivity index (χ3v) is 5.64. The number of benzene rings is 2. The molecule has 1 aliphatic rings. The molecule has 0 radical (unpaired) electrons. The Morgan fingerprint density at radius 2 is 1.65 bits per heavy atom. The molecule has 0 saturated carbocycles. The first-order chi connectivity index (χ1) is 16.1. The highest BCUT2D eigenvalue weighted by molar-refractivity contribution is 6.31. The molecule has 11 heteroatoms. The van der Waals surface area contributed by atoms with E-state index in [0.29, 0.717) is 31.7 Å². The molecule has 0 spiro atoms. The molecular formula is C23H24ClF3N4O3. The molecule has 1 heterocycles. The van der Waals surface area contributed by atoms with Gasteiger partial charge in [0.05, 0.1) is 17.1 Å². The molecule has 2 aromatic rings. The van der Waals surface area contributed by atoms with Crippen LogP contribution in [-0.4, -0.2) is 66.8 Å². The predicted molar refractivity (Wildman–Crippen MR) is 121 cm³/mol. The maximum Gasteiger partial charge on any atom is 0.417 e. The first-order valence-corrected chi connectivity index (χ1v) is 11.0. The summed E-state index contributed by atoms with van der Waals surface area (Å²) in [5.41, 5.74) is -0.484. The van der Waals surface area contributed by atoms with E-state index in [0.717, 1.165) is 12.1 Å². The van der Waals surface area contributed by atoms with Crippen molar-refractivity contribution in [2.24, 2.45) is 0 Å². The summed E-state index contributed by atoms with van der Waals surface area (Å²) in [4.78, 5) is 40.2. The molecular weight excluding hydrogens is 473 g/mol. The highest BCUT2D eigenvalue weighted by atomic mass is 35.5. The average Bonchev–Trinajstić information content (AvgIpc) is 2.80. The minimum absolute atomic E-state index is 0.00749. The molecule has 0 bridgehead atoms.